The predicted octanol–water partition coefficient (Wildman–Crippen LogP) is 1.92. The van der Waals surface area contributed by atoms with Crippen molar-refractivity contribution in [2.45, 2.75) is 45.6 Å². The third-order valence-electron chi connectivity index (χ3n) is 4.27. The highest BCUT2D eigenvalue weighted by Gasteiger charge is 2.37. The van der Waals surface area contributed by atoms with Gasteiger partial charge in [-0.05, 0) is 37.0 Å². The molecular formula is C15H23N3O. The fourth-order valence-electron chi connectivity index (χ4n) is 2.80. The van der Waals surface area contributed by atoms with Crippen molar-refractivity contribution >= 4 is 5.91 Å². The summed E-state index contributed by atoms with van der Waals surface area (Å²) < 4.78 is 0. The minimum Gasteiger partial charge on any atom is -0.351 e. The maximum atomic E-state index is 12.4. The summed E-state index contributed by atoms with van der Waals surface area (Å²) in [4.78, 5) is 16.5. The smallest absolute Gasteiger partial charge is 0.227 e. The van der Waals surface area contributed by atoms with E-state index in [0.29, 0.717) is 13.1 Å². The van der Waals surface area contributed by atoms with E-state index in [1.807, 2.05) is 19.2 Å². The van der Waals surface area contributed by atoms with Crippen LogP contribution in [0, 0.1) is 12.3 Å². The highest BCUT2D eigenvalue weighted by Crippen LogP contribution is 2.35. The molecule has 0 aliphatic heterocycles. The summed E-state index contributed by atoms with van der Waals surface area (Å²) in [7, 11) is 0. The second kappa shape index (κ2) is 6.15. The molecule has 0 atom stereocenters. The van der Waals surface area contributed by atoms with E-state index in [9.17, 15) is 4.79 Å². The van der Waals surface area contributed by atoms with E-state index in [1.165, 1.54) is 6.42 Å². The first kappa shape index (κ1) is 14.0. The van der Waals surface area contributed by atoms with Crippen molar-refractivity contribution in [2.75, 3.05) is 6.54 Å². The largest absolute Gasteiger partial charge is 0.351 e. The number of aryl methyl sites for hydroxylation is 1. The average molecular weight is 261 g/mol. The van der Waals surface area contributed by atoms with Gasteiger partial charge in [-0.1, -0.05) is 19.3 Å². The first-order valence-electron chi connectivity index (χ1n) is 7.06. The van der Waals surface area contributed by atoms with Gasteiger partial charge in [0.25, 0.3) is 0 Å². The van der Waals surface area contributed by atoms with Gasteiger partial charge < -0.3 is 11.1 Å². The van der Waals surface area contributed by atoms with Gasteiger partial charge in [-0.25, -0.2) is 0 Å². The summed E-state index contributed by atoms with van der Waals surface area (Å²) >= 11 is 0. The van der Waals surface area contributed by atoms with Crippen LogP contribution < -0.4 is 11.1 Å². The van der Waals surface area contributed by atoms with Crippen LogP contribution in [0.2, 0.25) is 0 Å². The third-order valence-corrected chi connectivity index (χ3v) is 4.27. The third kappa shape index (κ3) is 3.13. The number of pyridine rings is 1. The Balaban J connectivity index is 1.98. The summed E-state index contributed by atoms with van der Waals surface area (Å²) in [6, 6.07) is 1.96. The maximum Gasteiger partial charge on any atom is 0.227 e. The number of amides is 1. The molecule has 1 fully saturated rings. The molecule has 0 bridgehead atoms. The standard InChI is InChI=1S/C15H23N3O/c1-12-5-8-17-9-13(12)10-18-14(19)15(11-16)6-3-2-4-7-15/h5,8-9H,2-4,6-7,10-11,16H2,1H3,(H,18,19). The Morgan fingerprint density at radius 1 is 1.42 bits per heavy atom. The molecule has 19 heavy (non-hydrogen) atoms. The van der Waals surface area contributed by atoms with Crippen LogP contribution in [0.15, 0.2) is 18.5 Å². The number of hydrogen-bond acceptors (Lipinski definition) is 3. The summed E-state index contributed by atoms with van der Waals surface area (Å²) in [6.07, 6.45) is 8.85. The fraction of sp³-hybridized carbons (Fsp3) is 0.600. The zero-order valence-electron chi connectivity index (χ0n) is 11.6. The molecule has 0 radical (unpaired) electrons. The molecule has 0 unspecified atom stereocenters. The summed E-state index contributed by atoms with van der Waals surface area (Å²) in [5.41, 5.74) is 7.75. The number of carbonyl (C=O) groups excluding carboxylic acids is 1. The van der Waals surface area contributed by atoms with Crippen LogP contribution in [-0.2, 0) is 11.3 Å². The van der Waals surface area contributed by atoms with Crippen molar-refractivity contribution in [3.05, 3.63) is 29.6 Å². The Morgan fingerprint density at radius 3 is 2.79 bits per heavy atom. The number of nitrogens with zero attached hydrogens (tertiary/aromatic N) is 1. The number of rotatable bonds is 4. The second-order valence-electron chi connectivity index (χ2n) is 5.53. The van der Waals surface area contributed by atoms with E-state index in [4.69, 9.17) is 5.73 Å². The molecule has 4 heteroatoms. The summed E-state index contributed by atoms with van der Waals surface area (Å²) in [5.74, 6) is 0.109. The van der Waals surface area contributed by atoms with E-state index in [2.05, 4.69) is 10.3 Å². The van der Waals surface area contributed by atoms with Gasteiger partial charge in [0, 0.05) is 25.5 Å². The lowest BCUT2D eigenvalue weighted by Crippen LogP contribution is -2.46. The topological polar surface area (TPSA) is 68.0 Å². The highest BCUT2D eigenvalue weighted by molar-refractivity contribution is 5.83. The molecule has 2 rings (SSSR count). The Hall–Kier alpha value is -1.42. The fourth-order valence-corrected chi connectivity index (χ4v) is 2.80. The lowest BCUT2D eigenvalue weighted by atomic mass is 9.73. The first-order valence-corrected chi connectivity index (χ1v) is 7.06. The van der Waals surface area contributed by atoms with Crippen LogP contribution in [-0.4, -0.2) is 17.4 Å². The Labute approximate surface area is 114 Å². The first-order chi connectivity index (χ1) is 9.18. The molecule has 1 aromatic rings. The van der Waals surface area contributed by atoms with E-state index in [1.54, 1.807) is 6.20 Å². The Bertz CT molecular complexity index is 439. The molecule has 3 N–H and O–H groups in total. The lowest BCUT2D eigenvalue weighted by molar-refractivity contribution is -0.132. The van der Waals surface area contributed by atoms with Gasteiger partial charge in [0.1, 0.15) is 0 Å². The summed E-state index contributed by atoms with van der Waals surface area (Å²) in [6.45, 7) is 3.02. The molecule has 1 aliphatic rings. The van der Waals surface area contributed by atoms with Gasteiger partial charge in [0.15, 0.2) is 0 Å². The minimum absolute atomic E-state index is 0.109. The van der Waals surface area contributed by atoms with Gasteiger partial charge in [-0.3, -0.25) is 9.78 Å². The van der Waals surface area contributed by atoms with Crippen LogP contribution >= 0.6 is 0 Å². The van der Waals surface area contributed by atoms with Gasteiger partial charge >= 0.3 is 0 Å². The molecule has 1 aliphatic carbocycles. The molecule has 0 saturated heterocycles. The quantitative estimate of drug-likeness (QED) is 0.870. The SMILES string of the molecule is Cc1ccncc1CNC(=O)C1(CN)CCCCC1. The van der Waals surface area contributed by atoms with Crippen LogP contribution in [0.4, 0.5) is 0 Å². The maximum absolute atomic E-state index is 12.4. The normalized spacial score (nSPS) is 18.0. The van der Waals surface area contributed by atoms with Crippen molar-refractivity contribution in [3.63, 3.8) is 0 Å². The zero-order chi connectivity index (χ0) is 13.7. The molecule has 1 aromatic heterocycles. The monoisotopic (exact) mass is 261 g/mol. The Kier molecular flexibility index (Phi) is 4.53. The van der Waals surface area contributed by atoms with Crippen molar-refractivity contribution in [2.24, 2.45) is 11.1 Å². The molecule has 4 nitrogen and oxygen atoms in total. The molecule has 1 saturated carbocycles. The van der Waals surface area contributed by atoms with E-state index in [0.717, 1.165) is 36.8 Å². The van der Waals surface area contributed by atoms with Crippen molar-refractivity contribution in [1.82, 2.24) is 10.3 Å². The number of aromatic nitrogens is 1. The van der Waals surface area contributed by atoms with Crippen molar-refractivity contribution in [1.29, 1.82) is 0 Å². The molecule has 1 heterocycles. The summed E-state index contributed by atoms with van der Waals surface area (Å²) in [5, 5.41) is 3.04. The molecule has 1 amide bonds. The van der Waals surface area contributed by atoms with Gasteiger partial charge in [-0.2, -0.15) is 0 Å². The van der Waals surface area contributed by atoms with Gasteiger partial charge in [-0.15, -0.1) is 0 Å². The van der Waals surface area contributed by atoms with Crippen LogP contribution in [0.5, 0.6) is 0 Å². The average Bonchev–Trinajstić information content (AvgIpc) is 2.46. The predicted molar refractivity (Wildman–Crippen MR) is 75.4 cm³/mol. The number of carbonyl (C=O) groups is 1. The van der Waals surface area contributed by atoms with Crippen LogP contribution in [0.3, 0.4) is 0 Å². The number of nitrogens with two attached hydrogens (primary N) is 1. The van der Waals surface area contributed by atoms with Crippen molar-refractivity contribution in [3.8, 4) is 0 Å². The number of nitrogens with one attached hydrogen (secondary N) is 1. The minimum atomic E-state index is -0.339. The Morgan fingerprint density at radius 2 is 2.16 bits per heavy atom. The molecular weight excluding hydrogens is 238 g/mol. The van der Waals surface area contributed by atoms with E-state index < -0.39 is 0 Å². The second-order valence-corrected chi connectivity index (χ2v) is 5.53. The van der Waals surface area contributed by atoms with E-state index in [-0.39, 0.29) is 11.3 Å². The molecule has 0 aromatic carbocycles. The van der Waals surface area contributed by atoms with Crippen molar-refractivity contribution < 1.29 is 4.79 Å². The zero-order valence-corrected chi connectivity index (χ0v) is 11.6. The molecule has 0 spiro atoms. The highest BCUT2D eigenvalue weighted by atomic mass is 16.2. The lowest BCUT2D eigenvalue weighted by Gasteiger charge is -2.34. The van der Waals surface area contributed by atoms with Crippen LogP contribution in [0.25, 0.3) is 0 Å². The van der Waals surface area contributed by atoms with Gasteiger partial charge in [0.05, 0.1) is 5.41 Å². The number of hydrogen-bond donors (Lipinski definition) is 2. The van der Waals surface area contributed by atoms with Crippen LogP contribution in [0.1, 0.15) is 43.2 Å². The van der Waals surface area contributed by atoms with E-state index >= 15 is 0 Å². The molecule has 104 valence electrons. The van der Waals surface area contributed by atoms with Gasteiger partial charge in [0.2, 0.25) is 5.91 Å².